The summed E-state index contributed by atoms with van der Waals surface area (Å²) in [5, 5.41) is 0. The number of rotatable bonds is 1. The average molecular weight is 219 g/mol. The summed E-state index contributed by atoms with van der Waals surface area (Å²) in [6, 6.07) is 0. The van der Waals surface area contributed by atoms with E-state index in [1.807, 2.05) is 6.92 Å². The standard InChI is InChI=1S/C12H17NOSi/c1-10-11(6-7-15(3,4)5)8-13-9-12(10)14-2/h8-9H,1-5H3. The van der Waals surface area contributed by atoms with Crippen molar-refractivity contribution in [3.63, 3.8) is 0 Å². The first-order valence-electron chi connectivity index (χ1n) is 4.96. The Morgan fingerprint density at radius 3 is 2.47 bits per heavy atom. The number of hydrogen-bond donors (Lipinski definition) is 0. The maximum absolute atomic E-state index is 5.20. The van der Waals surface area contributed by atoms with Crippen LogP contribution in [0, 0.1) is 18.4 Å². The Hall–Kier alpha value is -1.27. The molecule has 1 heterocycles. The summed E-state index contributed by atoms with van der Waals surface area (Å²) in [4.78, 5) is 4.10. The van der Waals surface area contributed by atoms with E-state index in [-0.39, 0.29) is 0 Å². The van der Waals surface area contributed by atoms with Crippen LogP contribution in [0.25, 0.3) is 0 Å². The van der Waals surface area contributed by atoms with E-state index in [9.17, 15) is 0 Å². The van der Waals surface area contributed by atoms with Gasteiger partial charge in [0.05, 0.1) is 13.3 Å². The molecule has 0 bridgehead atoms. The number of nitrogens with zero attached hydrogens (tertiary/aromatic N) is 1. The first kappa shape index (κ1) is 11.8. The van der Waals surface area contributed by atoms with Crippen molar-refractivity contribution in [2.75, 3.05) is 7.11 Å². The van der Waals surface area contributed by atoms with Crippen LogP contribution in [0.2, 0.25) is 19.6 Å². The second-order valence-corrected chi connectivity index (χ2v) is 9.26. The summed E-state index contributed by atoms with van der Waals surface area (Å²) in [7, 11) is 0.332. The minimum Gasteiger partial charge on any atom is -0.495 e. The molecule has 0 aliphatic heterocycles. The van der Waals surface area contributed by atoms with Crippen LogP contribution >= 0.6 is 0 Å². The van der Waals surface area contributed by atoms with Crippen LogP contribution < -0.4 is 4.74 Å². The van der Waals surface area contributed by atoms with Gasteiger partial charge in [-0.15, -0.1) is 5.54 Å². The van der Waals surface area contributed by atoms with E-state index >= 15 is 0 Å². The molecule has 80 valence electrons. The Balaban J connectivity index is 3.10. The molecule has 0 saturated heterocycles. The van der Waals surface area contributed by atoms with Crippen LogP contribution in [0.5, 0.6) is 5.75 Å². The van der Waals surface area contributed by atoms with Crippen molar-refractivity contribution in [1.29, 1.82) is 0 Å². The van der Waals surface area contributed by atoms with Crippen molar-refractivity contribution < 1.29 is 4.74 Å². The lowest BCUT2D eigenvalue weighted by molar-refractivity contribution is 0.409. The first-order chi connectivity index (χ1) is 6.94. The number of methoxy groups -OCH3 is 1. The van der Waals surface area contributed by atoms with Gasteiger partial charge in [-0.25, -0.2) is 0 Å². The molecule has 0 aliphatic carbocycles. The Labute approximate surface area is 92.7 Å². The summed E-state index contributed by atoms with van der Waals surface area (Å²) in [6.07, 6.45) is 3.51. The molecule has 0 aliphatic rings. The lowest BCUT2D eigenvalue weighted by Gasteiger charge is -2.06. The van der Waals surface area contributed by atoms with Gasteiger partial charge in [-0.05, 0) is 6.92 Å². The molecule has 2 nitrogen and oxygen atoms in total. The van der Waals surface area contributed by atoms with Crippen LogP contribution in [0.1, 0.15) is 11.1 Å². The van der Waals surface area contributed by atoms with Crippen molar-refractivity contribution >= 4 is 8.07 Å². The van der Waals surface area contributed by atoms with Crippen molar-refractivity contribution in [3.8, 4) is 17.2 Å². The maximum atomic E-state index is 5.20. The highest BCUT2D eigenvalue weighted by Crippen LogP contribution is 2.18. The fourth-order valence-electron chi connectivity index (χ4n) is 1.09. The third-order valence-corrected chi connectivity index (χ3v) is 2.84. The zero-order chi connectivity index (χ0) is 11.5. The molecule has 1 rings (SSSR count). The molecular formula is C12H17NOSi. The normalized spacial score (nSPS) is 10.5. The molecule has 0 unspecified atom stereocenters. The van der Waals surface area contributed by atoms with Crippen LogP contribution in [-0.4, -0.2) is 20.2 Å². The van der Waals surface area contributed by atoms with Gasteiger partial charge in [0.2, 0.25) is 0 Å². The van der Waals surface area contributed by atoms with Gasteiger partial charge in [0, 0.05) is 17.3 Å². The minimum atomic E-state index is -1.32. The number of hydrogen-bond acceptors (Lipinski definition) is 2. The second-order valence-electron chi connectivity index (χ2n) is 4.51. The molecule has 1 aromatic heterocycles. The van der Waals surface area contributed by atoms with Crippen LogP contribution in [-0.2, 0) is 0 Å². The fourth-order valence-corrected chi connectivity index (χ4v) is 1.60. The van der Waals surface area contributed by atoms with Crippen LogP contribution in [0.3, 0.4) is 0 Å². The Kier molecular flexibility index (Phi) is 3.54. The molecule has 0 N–H and O–H groups in total. The largest absolute Gasteiger partial charge is 0.495 e. The molecular weight excluding hydrogens is 202 g/mol. The Morgan fingerprint density at radius 1 is 1.27 bits per heavy atom. The quantitative estimate of drug-likeness (QED) is 0.535. The SMILES string of the molecule is COc1cncc(C#C[Si](C)(C)C)c1C. The maximum Gasteiger partial charge on any atom is 0.141 e. The molecule has 0 fully saturated rings. The third-order valence-electron chi connectivity index (χ3n) is 1.96. The van der Waals surface area contributed by atoms with Gasteiger partial charge in [-0.2, -0.15) is 0 Å². The monoisotopic (exact) mass is 219 g/mol. The van der Waals surface area contributed by atoms with Crippen molar-refractivity contribution in [3.05, 3.63) is 23.5 Å². The van der Waals surface area contributed by atoms with E-state index < -0.39 is 8.07 Å². The van der Waals surface area contributed by atoms with E-state index in [2.05, 4.69) is 36.1 Å². The molecule has 0 spiro atoms. The minimum absolute atomic E-state index is 0.803. The van der Waals surface area contributed by atoms with E-state index in [1.54, 1.807) is 19.5 Å². The molecule has 0 radical (unpaired) electrons. The highest BCUT2D eigenvalue weighted by atomic mass is 28.3. The second kappa shape index (κ2) is 4.50. The Morgan fingerprint density at radius 2 is 1.93 bits per heavy atom. The summed E-state index contributed by atoms with van der Waals surface area (Å²) in [5.74, 6) is 4.00. The third kappa shape index (κ3) is 3.41. The van der Waals surface area contributed by atoms with Crippen LogP contribution in [0.15, 0.2) is 12.4 Å². The smallest absolute Gasteiger partial charge is 0.141 e. The number of pyridine rings is 1. The van der Waals surface area contributed by atoms with Crippen molar-refractivity contribution in [1.82, 2.24) is 4.98 Å². The van der Waals surface area contributed by atoms with Crippen molar-refractivity contribution in [2.45, 2.75) is 26.6 Å². The van der Waals surface area contributed by atoms with E-state index in [0.29, 0.717) is 0 Å². The molecule has 0 amide bonds. The van der Waals surface area contributed by atoms with Gasteiger partial charge in [0.15, 0.2) is 0 Å². The first-order valence-corrected chi connectivity index (χ1v) is 8.46. The van der Waals surface area contributed by atoms with Gasteiger partial charge in [-0.1, -0.05) is 25.6 Å². The summed E-state index contributed by atoms with van der Waals surface area (Å²) >= 11 is 0. The highest BCUT2D eigenvalue weighted by molar-refractivity contribution is 6.83. The fraction of sp³-hybridized carbons (Fsp3) is 0.417. The summed E-state index contributed by atoms with van der Waals surface area (Å²) in [5.41, 5.74) is 5.36. The van der Waals surface area contributed by atoms with Gasteiger partial charge < -0.3 is 4.74 Å². The van der Waals surface area contributed by atoms with E-state index in [4.69, 9.17) is 4.74 Å². The van der Waals surface area contributed by atoms with Gasteiger partial charge in [0.25, 0.3) is 0 Å². The average Bonchev–Trinajstić information content (AvgIpc) is 2.15. The number of aromatic nitrogens is 1. The van der Waals surface area contributed by atoms with Gasteiger partial charge >= 0.3 is 0 Å². The lowest BCUT2D eigenvalue weighted by atomic mass is 10.1. The predicted molar refractivity (Wildman–Crippen MR) is 65.8 cm³/mol. The number of ether oxygens (including phenoxy) is 1. The predicted octanol–water partition coefficient (Wildman–Crippen LogP) is 2.63. The molecule has 0 aromatic carbocycles. The zero-order valence-corrected chi connectivity index (χ0v) is 11.0. The van der Waals surface area contributed by atoms with E-state index in [1.165, 1.54) is 0 Å². The van der Waals surface area contributed by atoms with Gasteiger partial charge in [-0.3, -0.25) is 4.98 Å². The van der Waals surface area contributed by atoms with Crippen molar-refractivity contribution in [2.24, 2.45) is 0 Å². The lowest BCUT2D eigenvalue weighted by Crippen LogP contribution is -2.16. The molecule has 0 atom stereocenters. The highest BCUT2D eigenvalue weighted by Gasteiger charge is 2.08. The molecule has 0 saturated carbocycles. The molecule has 15 heavy (non-hydrogen) atoms. The van der Waals surface area contributed by atoms with Gasteiger partial charge in [0.1, 0.15) is 13.8 Å². The summed E-state index contributed by atoms with van der Waals surface area (Å²) in [6.45, 7) is 8.68. The Bertz CT molecular complexity index is 410. The summed E-state index contributed by atoms with van der Waals surface area (Å²) < 4.78 is 5.20. The van der Waals surface area contributed by atoms with Crippen LogP contribution in [0.4, 0.5) is 0 Å². The zero-order valence-electron chi connectivity index (χ0n) is 10.0. The topological polar surface area (TPSA) is 22.1 Å². The molecule has 3 heteroatoms. The molecule has 1 aromatic rings. The van der Waals surface area contributed by atoms with E-state index in [0.717, 1.165) is 16.9 Å².